The molecule has 0 aliphatic heterocycles. The Kier molecular flexibility index (Phi) is 6.43. The second-order valence-electron chi connectivity index (χ2n) is 7.69. The van der Waals surface area contributed by atoms with Crippen molar-refractivity contribution >= 4 is 25.7 Å². The first-order valence-electron chi connectivity index (χ1n) is 10.3. The fourth-order valence-corrected chi connectivity index (χ4v) is 5.91. The van der Waals surface area contributed by atoms with Crippen LogP contribution in [0.4, 0.5) is 10.1 Å². The van der Waals surface area contributed by atoms with Gasteiger partial charge in [0.25, 0.3) is 20.0 Å². The second kappa shape index (κ2) is 9.32. The SMILES string of the molecule is Cc1ccc(S(=O)(=O)n2cc(S(=O)(=O)Nc3ccc(C#N)cc3F)cc2Cc2ccccn2)cc1. The number of nitriles is 1. The third-order valence-electron chi connectivity index (χ3n) is 5.16. The quantitative estimate of drug-likeness (QED) is 0.403. The molecule has 8 nitrogen and oxygen atoms in total. The summed E-state index contributed by atoms with van der Waals surface area (Å²) in [6.07, 6.45) is 2.56. The molecule has 0 aliphatic carbocycles. The van der Waals surface area contributed by atoms with Crippen molar-refractivity contribution in [3.05, 3.63) is 107 Å². The highest BCUT2D eigenvalue weighted by molar-refractivity contribution is 7.93. The summed E-state index contributed by atoms with van der Waals surface area (Å²) in [5.41, 5.74) is 1.20. The van der Waals surface area contributed by atoms with Crippen LogP contribution in [0.15, 0.2) is 88.9 Å². The molecule has 4 aromatic rings. The monoisotopic (exact) mass is 510 g/mol. The molecule has 0 radical (unpaired) electrons. The number of rotatable bonds is 7. The average Bonchev–Trinajstić information content (AvgIpc) is 3.27. The maximum Gasteiger partial charge on any atom is 0.267 e. The third-order valence-corrected chi connectivity index (χ3v) is 8.21. The molecular weight excluding hydrogens is 491 g/mol. The number of nitrogens with one attached hydrogen (secondary N) is 1. The minimum absolute atomic E-state index is 0.0176. The van der Waals surface area contributed by atoms with Crippen molar-refractivity contribution < 1.29 is 21.2 Å². The third kappa shape index (κ3) is 5.08. The summed E-state index contributed by atoms with van der Waals surface area (Å²) in [6.45, 7) is 1.82. The fourth-order valence-electron chi connectivity index (χ4n) is 3.35. The lowest BCUT2D eigenvalue weighted by Crippen LogP contribution is -2.16. The van der Waals surface area contributed by atoms with Crippen molar-refractivity contribution in [3.63, 3.8) is 0 Å². The van der Waals surface area contributed by atoms with E-state index in [1.165, 1.54) is 24.3 Å². The van der Waals surface area contributed by atoms with Gasteiger partial charge in [0.2, 0.25) is 0 Å². The molecule has 4 rings (SSSR count). The molecule has 0 atom stereocenters. The summed E-state index contributed by atoms with van der Waals surface area (Å²) in [5.74, 6) is -0.937. The maximum absolute atomic E-state index is 14.3. The zero-order valence-corrected chi connectivity index (χ0v) is 20.0. The minimum Gasteiger partial charge on any atom is -0.277 e. The molecule has 0 spiro atoms. The summed E-state index contributed by atoms with van der Waals surface area (Å²) in [4.78, 5) is 3.81. The van der Waals surface area contributed by atoms with Crippen LogP contribution in [0, 0.1) is 24.1 Å². The Balaban J connectivity index is 1.80. The molecular formula is C24H19FN4O4S2. The standard InChI is InChI=1S/C24H19FN4O4S2/c1-17-5-8-21(9-6-17)35(32,33)29-16-22(14-20(29)13-19-4-2-3-11-27-19)34(30,31)28-24-10-7-18(15-26)12-23(24)25/h2-12,14,16,28H,13H2,1H3. The van der Waals surface area contributed by atoms with Crippen LogP contribution in [0.1, 0.15) is 22.5 Å². The number of anilines is 1. The van der Waals surface area contributed by atoms with Crippen molar-refractivity contribution in [1.82, 2.24) is 8.96 Å². The molecule has 0 saturated heterocycles. The van der Waals surface area contributed by atoms with Gasteiger partial charge in [-0.2, -0.15) is 5.26 Å². The molecule has 2 heterocycles. The lowest BCUT2D eigenvalue weighted by atomic mass is 10.2. The van der Waals surface area contributed by atoms with E-state index in [1.807, 2.05) is 6.92 Å². The second-order valence-corrected chi connectivity index (χ2v) is 11.2. The molecule has 0 fully saturated rings. The Bertz CT molecular complexity index is 1640. The number of sulfonamides is 1. The Labute approximate surface area is 202 Å². The van der Waals surface area contributed by atoms with E-state index in [-0.39, 0.29) is 33.2 Å². The van der Waals surface area contributed by atoms with Crippen LogP contribution in [-0.2, 0) is 26.5 Å². The van der Waals surface area contributed by atoms with Gasteiger partial charge < -0.3 is 0 Å². The van der Waals surface area contributed by atoms with Crippen molar-refractivity contribution in [2.24, 2.45) is 0 Å². The van der Waals surface area contributed by atoms with Gasteiger partial charge in [-0.25, -0.2) is 25.2 Å². The van der Waals surface area contributed by atoms with E-state index in [0.29, 0.717) is 5.69 Å². The van der Waals surface area contributed by atoms with Crippen molar-refractivity contribution in [3.8, 4) is 6.07 Å². The molecule has 0 saturated carbocycles. The lowest BCUT2D eigenvalue weighted by molar-refractivity contribution is 0.585. The Morgan fingerprint density at radius 1 is 1.00 bits per heavy atom. The van der Waals surface area contributed by atoms with Gasteiger partial charge >= 0.3 is 0 Å². The van der Waals surface area contributed by atoms with Crippen LogP contribution >= 0.6 is 0 Å². The molecule has 178 valence electrons. The first-order valence-corrected chi connectivity index (χ1v) is 13.2. The normalized spacial score (nSPS) is 11.7. The highest BCUT2D eigenvalue weighted by atomic mass is 32.2. The molecule has 0 unspecified atom stereocenters. The lowest BCUT2D eigenvalue weighted by Gasteiger charge is -2.10. The van der Waals surface area contributed by atoms with Gasteiger partial charge in [-0.1, -0.05) is 23.8 Å². The van der Waals surface area contributed by atoms with Gasteiger partial charge in [0.1, 0.15) is 10.7 Å². The van der Waals surface area contributed by atoms with Crippen LogP contribution in [-0.4, -0.2) is 25.8 Å². The predicted octanol–water partition coefficient (Wildman–Crippen LogP) is 3.83. The van der Waals surface area contributed by atoms with E-state index in [4.69, 9.17) is 5.26 Å². The number of halogens is 1. The van der Waals surface area contributed by atoms with Crippen LogP contribution in [0.2, 0.25) is 0 Å². The number of nitrogens with zero attached hydrogens (tertiary/aromatic N) is 3. The summed E-state index contributed by atoms with van der Waals surface area (Å²) >= 11 is 0. The number of benzene rings is 2. The summed E-state index contributed by atoms with van der Waals surface area (Å²) < 4.78 is 70.3. The van der Waals surface area contributed by atoms with E-state index >= 15 is 0 Å². The zero-order valence-electron chi connectivity index (χ0n) is 18.4. The Morgan fingerprint density at radius 2 is 1.74 bits per heavy atom. The Hall–Kier alpha value is -4.01. The number of hydrogen-bond donors (Lipinski definition) is 1. The van der Waals surface area contributed by atoms with Crippen LogP contribution in [0.3, 0.4) is 0 Å². The first kappa shape index (κ1) is 24.1. The van der Waals surface area contributed by atoms with Crippen molar-refractivity contribution in [2.45, 2.75) is 23.1 Å². The van der Waals surface area contributed by atoms with E-state index < -0.39 is 25.9 Å². The van der Waals surface area contributed by atoms with Gasteiger partial charge in [-0.05, 0) is 55.5 Å². The molecule has 0 amide bonds. The van der Waals surface area contributed by atoms with Crippen molar-refractivity contribution in [2.75, 3.05) is 4.72 Å². The van der Waals surface area contributed by atoms with Gasteiger partial charge in [0.05, 0.1) is 22.2 Å². The maximum atomic E-state index is 14.3. The van der Waals surface area contributed by atoms with Gasteiger partial charge in [-0.15, -0.1) is 0 Å². The number of pyridine rings is 1. The highest BCUT2D eigenvalue weighted by Crippen LogP contribution is 2.26. The van der Waals surface area contributed by atoms with E-state index in [2.05, 4.69) is 9.71 Å². The Morgan fingerprint density at radius 3 is 2.37 bits per heavy atom. The molecule has 0 bridgehead atoms. The molecule has 0 aliphatic rings. The van der Waals surface area contributed by atoms with Gasteiger partial charge in [0.15, 0.2) is 0 Å². The molecule has 35 heavy (non-hydrogen) atoms. The molecule has 2 aromatic carbocycles. The summed E-state index contributed by atoms with van der Waals surface area (Å²) in [6, 6.07) is 17.6. The van der Waals surface area contributed by atoms with E-state index in [1.54, 1.807) is 42.6 Å². The van der Waals surface area contributed by atoms with Crippen LogP contribution < -0.4 is 4.72 Å². The van der Waals surface area contributed by atoms with Crippen LogP contribution in [0.5, 0.6) is 0 Å². The fraction of sp³-hybridized carbons (Fsp3) is 0.0833. The predicted molar refractivity (Wildman–Crippen MR) is 127 cm³/mol. The number of aromatic nitrogens is 2. The number of aryl methyl sites for hydroxylation is 1. The molecule has 1 N–H and O–H groups in total. The largest absolute Gasteiger partial charge is 0.277 e. The van der Waals surface area contributed by atoms with Crippen molar-refractivity contribution in [1.29, 1.82) is 5.26 Å². The minimum atomic E-state index is -4.38. The average molecular weight is 511 g/mol. The molecule has 2 aromatic heterocycles. The van der Waals surface area contributed by atoms with Crippen LogP contribution in [0.25, 0.3) is 0 Å². The zero-order chi connectivity index (χ0) is 25.2. The van der Waals surface area contributed by atoms with E-state index in [0.717, 1.165) is 27.9 Å². The topological polar surface area (TPSA) is 122 Å². The smallest absolute Gasteiger partial charge is 0.267 e. The summed E-state index contributed by atoms with van der Waals surface area (Å²) in [7, 11) is -8.53. The highest BCUT2D eigenvalue weighted by Gasteiger charge is 2.26. The van der Waals surface area contributed by atoms with Gasteiger partial charge in [-0.3, -0.25) is 9.71 Å². The van der Waals surface area contributed by atoms with Gasteiger partial charge in [0, 0.05) is 30.2 Å². The first-order chi connectivity index (χ1) is 16.6. The number of hydrogen-bond acceptors (Lipinski definition) is 6. The summed E-state index contributed by atoms with van der Waals surface area (Å²) in [5, 5.41) is 8.88. The molecule has 11 heteroatoms. The van der Waals surface area contributed by atoms with E-state index in [9.17, 15) is 21.2 Å².